The van der Waals surface area contributed by atoms with E-state index in [1.807, 2.05) is 18.2 Å². The predicted molar refractivity (Wildman–Crippen MR) is 85.4 cm³/mol. The first kappa shape index (κ1) is 13.9. The second-order valence-corrected chi connectivity index (χ2v) is 6.22. The van der Waals surface area contributed by atoms with E-state index in [9.17, 15) is 0 Å². The fraction of sp³-hybridized carbons (Fsp3) is 0.143. The van der Waals surface area contributed by atoms with Crippen molar-refractivity contribution in [2.75, 3.05) is 5.32 Å². The fourth-order valence-electron chi connectivity index (χ4n) is 1.62. The maximum absolute atomic E-state index is 5.91. The van der Waals surface area contributed by atoms with Crippen molar-refractivity contribution in [3.8, 4) is 0 Å². The lowest BCUT2D eigenvalue weighted by Crippen LogP contribution is -2.01. The Balaban J connectivity index is 2.11. The second-order valence-electron chi connectivity index (χ2n) is 4.07. The minimum Gasteiger partial charge on any atom is -0.380 e. The molecule has 0 amide bonds. The Kier molecular flexibility index (Phi) is 4.71. The van der Waals surface area contributed by atoms with Crippen molar-refractivity contribution in [1.29, 1.82) is 0 Å². The second kappa shape index (κ2) is 6.09. The monoisotopic (exact) mass is 387 g/mol. The number of aryl methyl sites for hydroxylation is 1. The summed E-state index contributed by atoms with van der Waals surface area (Å²) in [7, 11) is 0. The van der Waals surface area contributed by atoms with Crippen LogP contribution < -0.4 is 5.32 Å². The van der Waals surface area contributed by atoms with Gasteiger partial charge in [-0.1, -0.05) is 39.7 Å². The number of hydrogen-bond donors (Lipinski definition) is 1. The van der Waals surface area contributed by atoms with Gasteiger partial charge in [0.05, 0.1) is 0 Å². The molecule has 0 aliphatic carbocycles. The summed E-state index contributed by atoms with van der Waals surface area (Å²) in [5.41, 5.74) is 3.51. The molecule has 0 radical (unpaired) electrons. The van der Waals surface area contributed by atoms with E-state index < -0.39 is 0 Å². The third kappa shape index (κ3) is 3.50. The van der Waals surface area contributed by atoms with Crippen LogP contribution in [-0.4, -0.2) is 0 Å². The number of rotatable bonds is 3. The van der Waals surface area contributed by atoms with Gasteiger partial charge in [-0.2, -0.15) is 0 Å². The van der Waals surface area contributed by atoms with Gasteiger partial charge < -0.3 is 5.32 Å². The van der Waals surface area contributed by atoms with Crippen LogP contribution in [0.4, 0.5) is 5.69 Å². The van der Waals surface area contributed by atoms with Crippen LogP contribution in [0.25, 0.3) is 0 Å². The van der Waals surface area contributed by atoms with Crippen LogP contribution >= 0.6 is 43.5 Å². The van der Waals surface area contributed by atoms with E-state index in [1.165, 1.54) is 11.1 Å². The number of benzene rings is 2. The molecule has 0 aliphatic rings. The summed E-state index contributed by atoms with van der Waals surface area (Å²) < 4.78 is 2.10. The molecule has 2 rings (SSSR count). The van der Waals surface area contributed by atoms with E-state index in [2.05, 4.69) is 62.3 Å². The van der Waals surface area contributed by atoms with Crippen molar-refractivity contribution in [2.45, 2.75) is 13.5 Å². The van der Waals surface area contributed by atoms with Crippen molar-refractivity contribution in [3.05, 3.63) is 61.5 Å². The van der Waals surface area contributed by atoms with Gasteiger partial charge in [0.25, 0.3) is 0 Å². The minimum absolute atomic E-state index is 0.726. The molecule has 2 aromatic rings. The molecule has 0 fully saturated rings. The highest BCUT2D eigenvalue weighted by Crippen LogP contribution is 2.27. The SMILES string of the molecule is Cc1ccc(CNc2ccc(Cl)cc2Br)c(Br)c1. The molecular formula is C14H12Br2ClN. The van der Waals surface area contributed by atoms with E-state index in [0.29, 0.717) is 0 Å². The van der Waals surface area contributed by atoms with Crippen LogP contribution in [0.15, 0.2) is 45.3 Å². The van der Waals surface area contributed by atoms with Gasteiger partial charge in [-0.05, 0) is 58.2 Å². The van der Waals surface area contributed by atoms with Crippen molar-refractivity contribution < 1.29 is 0 Å². The third-order valence-electron chi connectivity index (χ3n) is 2.61. The average molecular weight is 390 g/mol. The third-order valence-corrected chi connectivity index (χ3v) is 4.24. The quantitative estimate of drug-likeness (QED) is 0.701. The summed E-state index contributed by atoms with van der Waals surface area (Å²) in [4.78, 5) is 0. The Labute approximate surface area is 129 Å². The molecule has 1 nitrogen and oxygen atoms in total. The number of halogens is 3. The van der Waals surface area contributed by atoms with Gasteiger partial charge >= 0.3 is 0 Å². The first-order chi connectivity index (χ1) is 8.56. The molecule has 0 aliphatic heterocycles. The van der Waals surface area contributed by atoms with Gasteiger partial charge in [0.1, 0.15) is 0 Å². The number of hydrogen-bond acceptors (Lipinski definition) is 1. The zero-order valence-electron chi connectivity index (χ0n) is 9.81. The summed E-state index contributed by atoms with van der Waals surface area (Å²) in [5.74, 6) is 0. The Morgan fingerprint density at radius 2 is 1.83 bits per heavy atom. The van der Waals surface area contributed by atoms with E-state index in [4.69, 9.17) is 11.6 Å². The van der Waals surface area contributed by atoms with Gasteiger partial charge in [-0.25, -0.2) is 0 Å². The van der Waals surface area contributed by atoms with Crippen molar-refractivity contribution in [2.24, 2.45) is 0 Å². The molecule has 0 heterocycles. The van der Waals surface area contributed by atoms with Crippen molar-refractivity contribution >= 4 is 49.1 Å². The highest BCUT2D eigenvalue weighted by Gasteiger charge is 2.03. The lowest BCUT2D eigenvalue weighted by molar-refractivity contribution is 1.13. The van der Waals surface area contributed by atoms with Gasteiger partial charge in [0, 0.05) is 26.2 Å². The maximum Gasteiger partial charge on any atom is 0.0488 e. The van der Waals surface area contributed by atoms with Crippen LogP contribution in [0.2, 0.25) is 5.02 Å². The average Bonchev–Trinajstić information content (AvgIpc) is 2.30. The summed E-state index contributed by atoms with van der Waals surface area (Å²) in [6.45, 7) is 2.85. The van der Waals surface area contributed by atoms with Gasteiger partial charge in [-0.15, -0.1) is 0 Å². The molecule has 0 atom stereocenters. The largest absolute Gasteiger partial charge is 0.380 e. The zero-order valence-corrected chi connectivity index (χ0v) is 13.7. The molecule has 0 saturated carbocycles. The predicted octanol–water partition coefficient (Wildman–Crippen LogP) is 5.79. The molecule has 0 saturated heterocycles. The molecule has 18 heavy (non-hydrogen) atoms. The normalized spacial score (nSPS) is 10.4. The van der Waals surface area contributed by atoms with Crippen LogP contribution in [0.5, 0.6) is 0 Å². The van der Waals surface area contributed by atoms with Crippen LogP contribution in [0.1, 0.15) is 11.1 Å². The standard InChI is InChI=1S/C14H12Br2ClN/c1-9-2-3-10(12(15)6-9)8-18-14-5-4-11(17)7-13(14)16/h2-7,18H,8H2,1H3. The summed E-state index contributed by atoms with van der Waals surface area (Å²) in [6, 6.07) is 12.1. The van der Waals surface area contributed by atoms with Gasteiger partial charge in [0.2, 0.25) is 0 Å². The maximum atomic E-state index is 5.91. The Morgan fingerprint density at radius 3 is 2.50 bits per heavy atom. The van der Waals surface area contributed by atoms with Crippen molar-refractivity contribution in [3.63, 3.8) is 0 Å². The molecular weight excluding hydrogens is 377 g/mol. The smallest absolute Gasteiger partial charge is 0.0488 e. The van der Waals surface area contributed by atoms with E-state index in [-0.39, 0.29) is 0 Å². The molecule has 4 heteroatoms. The minimum atomic E-state index is 0.726. The summed E-state index contributed by atoms with van der Waals surface area (Å²) in [5, 5.41) is 4.11. The van der Waals surface area contributed by atoms with Crippen LogP contribution in [-0.2, 0) is 6.54 Å². The lowest BCUT2D eigenvalue weighted by atomic mass is 10.1. The topological polar surface area (TPSA) is 12.0 Å². The highest BCUT2D eigenvalue weighted by molar-refractivity contribution is 9.11. The molecule has 0 spiro atoms. The Bertz CT molecular complexity index is 518. The number of anilines is 1. The van der Waals surface area contributed by atoms with E-state index in [1.54, 1.807) is 0 Å². The Hall–Kier alpha value is -0.510. The Morgan fingerprint density at radius 1 is 1.06 bits per heavy atom. The van der Waals surface area contributed by atoms with Crippen LogP contribution in [0.3, 0.4) is 0 Å². The van der Waals surface area contributed by atoms with Gasteiger partial charge in [-0.3, -0.25) is 0 Å². The molecule has 0 bridgehead atoms. The first-order valence-electron chi connectivity index (χ1n) is 5.50. The molecule has 0 unspecified atom stereocenters. The molecule has 2 aromatic carbocycles. The molecule has 1 N–H and O–H groups in total. The summed E-state index contributed by atoms with van der Waals surface area (Å²) in [6.07, 6.45) is 0. The summed E-state index contributed by atoms with van der Waals surface area (Å²) >= 11 is 13.0. The molecule has 0 aromatic heterocycles. The zero-order chi connectivity index (χ0) is 13.1. The lowest BCUT2D eigenvalue weighted by Gasteiger charge is -2.10. The van der Waals surface area contributed by atoms with E-state index in [0.717, 1.165) is 26.2 Å². The van der Waals surface area contributed by atoms with Crippen molar-refractivity contribution in [1.82, 2.24) is 0 Å². The number of nitrogens with one attached hydrogen (secondary N) is 1. The van der Waals surface area contributed by atoms with Crippen LogP contribution in [0, 0.1) is 6.92 Å². The van der Waals surface area contributed by atoms with E-state index >= 15 is 0 Å². The molecule has 94 valence electrons. The van der Waals surface area contributed by atoms with Gasteiger partial charge in [0.15, 0.2) is 0 Å². The fourth-order valence-corrected chi connectivity index (χ4v) is 3.08. The highest BCUT2D eigenvalue weighted by atomic mass is 79.9. The first-order valence-corrected chi connectivity index (χ1v) is 7.46.